The molecule has 0 aromatic heterocycles. The Morgan fingerprint density at radius 2 is 1.19 bits per heavy atom. The minimum Gasteiger partial charge on any atom is -0.289 e. The van der Waals surface area contributed by atoms with Crippen LogP contribution >= 0.6 is 0 Å². The van der Waals surface area contributed by atoms with Crippen molar-refractivity contribution < 1.29 is 9.59 Å². The van der Waals surface area contributed by atoms with Crippen LogP contribution in [-0.4, -0.2) is 11.6 Å². The molecular weight excluding hydrogens is 392 g/mol. The Hall–Kier alpha value is -4.30. The first-order chi connectivity index (χ1) is 15.7. The summed E-state index contributed by atoms with van der Waals surface area (Å²) in [7, 11) is 0. The highest BCUT2D eigenvalue weighted by molar-refractivity contribution is 6.36. The predicted octanol–water partition coefficient (Wildman–Crippen LogP) is 7.03. The summed E-state index contributed by atoms with van der Waals surface area (Å²) in [5.74, 6) is 0.0720. The van der Waals surface area contributed by atoms with Crippen molar-refractivity contribution in [2.45, 2.75) is 0 Å². The van der Waals surface area contributed by atoms with E-state index in [9.17, 15) is 9.59 Å². The first-order valence-electron chi connectivity index (χ1n) is 10.7. The smallest absolute Gasteiger partial charge is 0.194 e. The van der Waals surface area contributed by atoms with E-state index in [0.29, 0.717) is 16.7 Å². The number of hydrogen-bond acceptors (Lipinski definition) is 2. The maximum Gasteiger partial charge on any atom is 0.194 e. The number of rotatable bonds is 2. The maximum absolute atomic E-state index is 13.5. The van der Waals surface area contributed by atoms with E-state index < -0.39 is 0 Å². The molecule has 0 amide bonds. The molecule has 2 heteroatoms. The van der Waals surface area contributed by atoms with Gasteiger partial charge in [0.05, 0.1) is 0 Å². The van der Waals surface area contributed by atoms with Crippen LogP contribution in [0.25, 0.3) is 43.4 Å². The minimum absolute atomic E-state index is 0.0103. The van der Waals surface area contributed by atoms with E-state index in [1.807, 2.05) is 78.9 Å². The predicted molar refractivity (Wildman–Crippen MR) is 129 cm³/mol. The van der Waals surface area contributed by atoms with Crippen LogP contribution in [0.2, 0.25) is 0 Å². The summed E-state index contributed by atoms with van der Waals surface area (Å²) in [6.45, 7) is 0. The lowest BCUT2D eigenvalue weighted by Crippen LogP contribution is -2.11. The molecule has 0 spiro atoms. The summed E-state index contributed by atoms with van der Waals surface area (Å²) in [6, 6.07) is 31.4. The number of carbonyl (C=O) groups excluding carboxylic acids is 2. The first-order valence-corrected chi connectivity index (χ1v) is 10.7. The molecular formula is C30H16O2. The van der Waals surface area contributed by atoms with E-state index in [1.165, 1.54) is 0 Å². The van der Waals surface area contributed by atoms with Crippen molar-refractivity contribution in [1.82, 2.24) is 0 Å². The third kappa shape index (κ3) is 2.13. The molecule has 6 aromatic rings. The highest BCUT2D eigenvalue weighted by Gasteiger charge is 2.28. The highest BCUT2D eigenvalue weighted by atomic mass is 16.1. The van der Waals surface area contributed by atoms with Crippen molar-refractivity contribution in [2.24, 2.45) is 0 Å². The van der Waals surface area contributed by atoms with Gasteiger partial charge in [-0.2, -0.15) is 0 Å². The molecule has 0 heterocycles. The topological polar surface area (TPSA) is 34.1 Å². The summed E-state index contributed by atoms with van der Waals surface area (Å²) >= 11 is 0. The van der Waals surface area contributed by atoms with Gasteiger partial charge in [0.25, 0.3) is 0 Å². The van der Waals surface area contributed by atoms with E-state index in [0.717, 1.165) is 49.0 Å². The van der Waals surface area contributed by atoms with Crippen LogP contribution in [0.3, 0.4) is 0 Å². The zero-order valence-corrected chi connectivity index (χ0v) is 17.1. The fourth-order valence-corrected chi connectivity index (χ4v) is 5.31. The molecule has 32 heavy (non-hydrogen) atoms. The SMILES string of the molecule is O=C(c1ccccc1)c1ccc2ccc3ccc4c5c(cc1c2c35)-c1ccccc1C4=O. The molecule has 0 N–H and O–H groups in total. The first kappa shape index (κ1) is 17.4. The van der Waals surface area contributed by atoms with Crippen molar-refractivity contribution in [1.29, 1.82) is 0 Å². The molecule has 2 nitrogen and oxygen atoms in total. The van der Waals surface area contributed by atoms with Crippen LogP contribution < -0.4 is 0 Å². The van der Waals surface area contributed by atoms with E-state index in [4.69, 9.17) is 0 Å². The van der Waals surface area contributed by atoms with Crippen molar-refractivity contribution in [2.75, 3.05) is 0 Å². The summed E-state index contributed by atoms with van der Waals surface area (Å²) in [4.78, 5) is 26.8. The number of ketones is 2. The van der Waals surface area contributed by atoms with Crippen LogP contribution in [0.5, 0.6) is 0 Å². The molecule has 0 saturated heterocycles. The van der Waals surface area contributed by atoms with Gasteiger partial charge >= 0.3 is 0 Å². The van der Waals surface area contributed by atoms with E-state index >= 15 is 0 Å². The van der Waals surface area contributed by atoms with Gasteiger partial charge in [0.1, 0.15) is 0 Å². The largest absolute Gasteiger partial charge is 0.289 e. The van der Waals surface area contributed by atoms with Crippen molar-refractivity contribution in [3.8, 4) is 11.1 Å². The molecule has 0 unspecified atom stereocenters. The Bertz CT molecular complexity index is 1740. The summed E-state index contributed by atoms with van der Waals surface area (Å²) in [5.41, 5.74) is 4.77. The maximum atomic E-state index is 13.5. The number of carbonyl (C=O) groups is 2. The van der Waals surface area contributed by atoms with Crippen LogP contribution in [0, 0.1) is 0 Å². The Kier molecular flexibility index (Phi) is 3.32. The summed E-state index contributed by atoms with van der Waals surface area (Å²) < 4.78 is 0. The monoisotopic (exact) mass is 408 g/mol. The quantitative estimate of drug-likeness (QED) is 0.227. The molecule has 1 aliphatic carbocycles. The Labute approximate surface area is 184 Å². The fourth-order valence-electron chi connectivity index (χ4n) is 5.31. The molecule has 0 radical (unpaired) electrons. The zero-order chi connectivity index (χ0) is 21.4. The van der Waals surface area contributed by atoms with Gasteiger partial charge in [-0.1, -0.05) is 78.9 Å². The standard InChI is InChI=1S/C30H16O2/c31-29(19-6-2-1-3-7-19)22-14-12-17-10-11-18-13-15-23-28-24(16-25(22)26(17)27(18)28)20-8-4-5-9-21(20)30(23)32/h1-16H. The zero-order valence-electron chi connectivity index (χ0n) is 17.1. The van der Waals surface area contributed by atoms with Gasteiger partial charge in [-0.25, -0.2) is 0 Å². The van der Waals surface area contributed by atoms with E-state index in [1.54, 1.807) is 0 Å². The minimum atomic E-state index is 0.0103. The van der Waals surface area contributed by atoms with Gasteiger partial charge in [0.15, 0.2) is 11.6 Å². The van der Waals surface area contributed by atoms with Gasteiger partial charge in [-0.15, -0.1) is 0 Å². The van der Waals surface area contributed by atoms with Crippen LogP contribution in [0.1, 0.15) is 31.8 Å². The Morgan fingerprint density at radius 1 is 0.531 bits per heavy atom. The number of benzene rings is 6. The Morgan fingerprint density at radius 3 is 2.00 bits per heavy atom. The van der Waals surface area contributed by atoms with E-state index in [2.05, 4.69) is 18.2 Å². The highest BCUT2D eigenvalue weighted by Crippen LogP contribution is 2.46. The van der Waals surface area contributed by atoms with E-state index in [-0.39, 0.29) is 11.6 Å². The fraction of sp³-hybridized carbons (Fsp3) is 0. The lowest BCUT2D eigenvalue weighted by atomic mass is 9.78. The summed E-state index contributed by atoms with van der Waals surface area (Å²) in [6.07, 6.45) is 0. The van der Waals surface area contributed by atoms with Crippen LogP contribution in [0.4, 0.5) is 0 Å². The molecule has 0 fully saturated rings. The van der Waals surface area contributed by atoms with Crippen molar-refractivity contribution in [3.63, 3.8) is 0 Å². The van der Waals surface area contributed by atoms with Gasteiger partial charge in [-0.3, -0.25) is 9.59 Å². The molecule has 0 saturated carbocycles. The number of hydrogen-bond donors (Lipinski definition) is 0. The molecule has 7 rings (SSSR count). The lowest BCUT2D eigenvalue weighted by molar-refractivity contribution is 0.103. The van der Waals surface area contributed by atoms with Crippen molar-refractivity contribution in [3.05, 3.63) is 119 Å². The third-order valence-corrected chi connectivity index (χ3v) is 6.75. The average molecular weight is 408 g/mol. The normalized spacial score (nSPS) is 12.6. The molecule has 148 valence electrons. The van der Waals surface area contributed by atoms with Gasteiger partial charge < -0.3 is 0 Å². The molecule has 0 bridgehead atoms. The second-order valence-corrected chi connectivity index (χ2v) is 8.40. The van der Waals surface area contributed by atoms with Crippen LogP contribution in [0.15, 0.2) is 97.1 Å². The summed E-state index contributed by atoms with van der Waals surface area (Å²) in [5, 5.41) is 6.21. The van der Waals surface area contributed by atoms with Gasteiger partial charge in [-0.05, 0) is 56.3 Å². The second-order valence-electron chi connectivity index (χ2n) is 8.40. The third-order valence-electron chi connectivity index (χ3n) is 6.75. The van der Waals surface area contributed by atoms with Crippen LogP contribution in [-0.2, 0) is 0 Å². The second kappa shape index (κ2) is 6.12. The molecule has 6 aromatic carbocycles. The average Bonchev–Trinajstić information content (AvgIpc) is 2.86. The van der Waals surface area contributed by atoms with Crippen molar-refractivity contribution >= 4 is 43.9 Å². The lowest BCUT2D eigenvalue weighted by Gasteiger charge is -2.23. The molecule has 1 aliphatic rings. The van der Waals surface area contributed by atoms with Gasteiger partial charge in [0, 0.05) is 27.6 Å². The van der Waals surface area contributed by atoms with Gasteiger partial charge in [0.2, 0.25) is 0 Å². The molecule has 0 atom stereocenters. The Balaban J connectivity index is 1.69. The number of fused-ring (bicyclic) bond motifs is 2. The molecule has 0 aliphatic heterocycles.